The first-order valence-electron chi connectivity index (χ1n) is 5.97. The summed E-state index contributed by atoms with van der Waals surface area (Å²) in [4.78, 5) is 0.126. The van der Waals surface area contributed by atoms with Crippen molar-refractivity contribution in [1.29, 1.82) is 0 Å². The van der Waals surface area contributed by atoms with Gasteiger partial charge in [-0.25, -0.2) is 8.42 Å². The molecular formula is C13H10BrN3O2S2. The Morgan fingerprint density at radius 3 is 2.76 bits per heavy atom. The van der Waals surface area contributed by atoms with Gasteiger partial charge in [0.05, 0.1) is 17.4 Å². The zero-order chi connectivity index (χ0) is 15.0. The predicted octanol–water partition coefficient (Wildman–Crippen LogP) is 3.56. The number of sulfonamides is 1. The Labute approximate surface area is 134 Å². The fourth-order valence-electron chi connectivity index (χ4n) is 1.90. The normalized spacial score (nSPS) is 11.7. The second-order valence-electron chi connectivity index (χ2n) is 4.48. The Morgan fingerprint density at radius 2 is 2.00 bits per heavy atom. The van der Waals surface area contributed by atoms with E-state index in [2.05, 4.69) is 29.4 Å². The molecule has 108 valence electrons. The number of aromatic nitrogens is 2. The van der Waals surface area contributed by atoms with Crippen LogP contribution >= 0.6 is 27.7 Å². The standard InChI is InChI=1S/C13H10BrN3O2S2/c1-8-5-6-10(9(14)7-8)17-21(18,19)12-4-2-3-11-13(12)16-20-15-11/h2-7,17H,1H3. The smallest absolute Gasteiger partial charge is 0.264 e. The first-order chi connectivity index (χ1) is 9.97. The molecule has 0 spiro atoms. The molecule has 0 unspecified atom stereocenters. The Kier molecular flexibility index (Phi) is 3.68. The van der Waals surface area contributed by atoms with Crippen molar-refractivity contribution in [2.45, 2.75) is 11.8 Å². The highest BCUT2D eigenvalue weighted by Crippen LogP contribution is 2.28. The summed E-state index contributed by atoms with van der Waals surface area (Å²) in [6.07, 6.45) is 0. The topological polar surface area (TPSA) is 72.0 Å². The van der Waals surface area contributed by atoms with Gasteiger partial charge in [-0.2, -0.15) is 8.75 Å². The Bertz CT molecular complexity index is 922. The van der Waals surface area contributed by atoms with Crippen LogP contribution in [0.3, 0.4) is 0 Å². The largest absolute Gasteiger partial charge is 0.278 e. The van der Waals surface area contributed by atoms with E-state index < -0.39 is 10.0 Å². The number of hydrogen-bond donors (Lipinski definition) is 1. The lowest BCUT2D eigenvalue weighted by Gasteiger charge is -2.10. The average molecular weight is 384 g/mol. The van der Waals surface area contributed by atoms with E-state index in [4.69, 9.17) is 0 Å². The van der Waals surface area contributed by atoms with Gasteiger partial charge >= 0.3 is 0 Å². The molecule has 5 nitrogen and oxygen atoms in total. The highest BCUT2D eigenvalue weighted by atomic mass is 79.9. The van der Waals surface area contributed by atoms with Crippen LogP contribution in [0.5, 0.6) is 0 Å². The number of anilines is 1. The number of rotatable bonds is 3. The summed E-state index contributed by atoms with van der Waals surface area (Å²) in [6.45, 7) is 1.94. The molecule has 0 saturated heterocycles. The van der Waals surface area contributed by atoms with Crippen molar-refractivity contribution in [1.82, 2.24) is 8.75 Å². The van der Waals surface area contributed by atoms with Crippen molar-refractivity contribution in [2.75, 3.05) is 4.72 Å². The monoisotopic (exact) mass is 383 g/mol. The van der Waals surface area contributed by atoms with Gasteiger partial charge in [0, 0.05) is 4.47 Å². The van der Waals surface area contributed by atoms with Crippen LogP contribution in [0.2, 0.25) is 0 Å². The molecule has 0 aliphatic carbocycles. The summed E-state index contributed by atoms with van der Waals surface area (Å²) in [6, 6.07) is 10.3. The van der Waals surface area contributed by atoms with Crippen LogP contribution in [0, 0.1) is 6.92 Å². The molecule has 1 heterocycles. The minimum Gasteiger partial charge on any atom is -0.278 e. The molecule has 0 aliphatic heterocycles. The van der Waals surface area contributed by atoms with E-state index in [1.54, 1.807) is 18.2 Å². The van der Waals surface area contributed by atoms with E-state index in [1.165, 1.54) is 6.07 Å². The van der Waals surface area contributed by atoms with Crippen LogP contribution < -0.4 is 4.72 Å². The maximum atomic E-state index is 12.6. The van der Waals surface area contributed by atoms with Crippen molar-refractivity contribution < 1.29 is 8.42 Å². The minimum absolute atomic E-state index is 0.126. The van der Waals surface area contributed by atoms with Crippen molar-refractivity contribution in [3.05, 3.63) is 46.4 Å². The lowest BCUT2D eigenvalue weighted by Crippen LogP contribution is -2.13. The van der Waals surface area contributed by atoms with Gasteiger partial charge < -0.3 is 0 Å². The third-order valence-corrected chi connectivity index (χ3v) is 5.50. The first-order valence-corrected chi connectivity index (χ1v) is 8.98. The second-order valence-corrected chi connectivity index (χ2v) is 7.51. The first kappa shape index (κ1) is 14.4. The number of nitrogens with zero attached hydrogens (tertiary/aromatic N) is 2. The summed E-state index contributed by atoms with van der Waals surface area (Å²) >= 11 is 4.35. The lowest BCUT2D eigenvalue weighted by atomic mass is 10.2. The Balaban J connectivity index is 2.06. The van der Waals surface area contributed by atoms with E-state index in [9.17, 15) is 8.42 Å². The van der Waals surface area contributed by atoms with Gasteiger partial charge in [0.25, 0.3) is 10.0 Å². The van der Waals surface area contributed by atoms with Crippen molar-refractivity contribution in [3.8, 4) is 0 Å². The molecule has 8 heteroatoms. The molecule has 1 N–H and O–H groups in total. The van der Waals surface area contributed by atoms with Gasteiger partial charge in [-0.15, -0.1) is 0 Å². The SMILES string of the molecule is Cc1ccc(NS(=O)(=O)c2cccc3nsnc23)c(Br)c1. The summed E-state index contributed by atoms with van der Waals surface area (Å²) < 4.78 is 36.5. The average Bonchev–Trinajstić information content (AvgIpc) is 2.90. The zero-order valence-corrected chi connectivity index (χ0v) is 14.1. The van der Waals surface area contributed by atoms with E-state index in [0.717, 1.165) is 17.3 Å². The molecular weight excluding hydrogens is 374 g/mol. The van der Waals surface area contributed by atoms with Gasteiger partial charge in [0.1, 0.15) is 15.9 Å². The molecule has 0 aliphatic rings. The molecule has 1 aromatic heterocycles. The fraction of sp³-hybridized carbons (Fsp3) is 0.0769. The van der Waals surface area contributed by atoms with Gasteiger partial charge in [0.15, 0.2) is 0 Å². The van der Waals surface area contributed by atoms with Crippen LogP contribution in [0.25, 0.3) is 11.0 Å². The molecule has 0 radical (unpaired) electrons. The number of benzene rings is 2. The Hall–Kier alpha value is -1.51. The van der Waals surface area contributed by atoms with Gasteiger partial charge in [-0.1, -0.05) is 12.1 Å². The number of hydrogen-bond acceptors (Lipinski definition) is 5. The molecule has 0 bridgehead atoms. The van der Waals surface area contributed by atoms with Crippen molar-refractivity contribution >= 4 is 54.4 Å². The fourth-order valence-corrected chi connectivity index (χ4v) is 4.47. The molecule has 21 heavy (non-hydrogen) atoms. The lowest BCUT2D eigenvalue weighted by molar-refractivity contribution is 0.602. The molecule has 0 amide bonds. The number of halogens is 1. The third-order valence-electron chi connectivity index (χ3n) is 2.91. The van der Waals surface area contributed by atoms with E-state index in [0.29, 0.717) is 21.2 Å². The highest BCUT2D eigenvalue weighted by molar-refractivity contribution is 9.10. The molecule has 0 atom stereocenters. The number of aryl methyl sites for hydroxylation is 1. The van der Waals surface area contributed by atoms with Crippen LogP contribution in [0.15, 0.2) is 45.8 Å². The molecule has 3 rings (SSSR count). The van der Waals surface area contributed by atoms with E-state index in [-0.39, 0.29) is 4.90 Å². The van der Waals surface area contributed by atoms with Crippen LogP contribution in [0.4, 0.5) is 5.69 Å². The number of nitrogens with one attached hydrogen (secondary N) is 1. The number of fused-ring (bicyclic) bond motifs is 1. The quantitative estimate of drug-likeness (QED) is 0.750. The summed E-state index contributed by atoms with van der Waals surface area (Å²) in [5.74, 6) is 0. The predicted molar refractivity (Wildman–Crippen MR) is 87.1 cm³/mol. The molecule has 2 aromatic carbocycles. The molecule has 3 aromatic rings. The molecule has 0 saturated carbocycles. The van der Waals surface area contributed by atoms with Gasteiger partial charge in [-0.3, -0.25) is 4.72 Å². The minimum atomic E-state index is -3.72. The third kappa shape index (κ3) is 2.78. The maximum absolute atomic E-state index is 12.6. The molecule has 0 fully saturated rings. The van der Waals surface area contributed by atoms with Gasteiger partial charge in [-0.05, 0) is 52.7 Å². The Morgan fingerprint density at radius 1 is 1.19 bits per heavy atom. The van der Waals surface area contributed by atoms with Crippen LogP contribution in [0.1, 0.15) is 5.56 Å². The maximum Gasteiger partial charge on any atom is 0.264 e. The summed E-state index contributed by atoms with van der Waals surface area (Å²) in [7, 11) is -3.72. The highest BCUT2D eigenvalue weighted by Gasteiger charge is 2.20. The van der Waals surface area contributed by atoms with E-state index in [1.807, 2.05) is 19.1 Å². The zero-order valence-electron chi connectivity index (χ0n) is 10.9. The van der Waals surface area contributed by atoms with Crippen molar-refractivity contribution in [2.24, 2.45) is 0 Å². The summed E-state index contributed by atoms with van der Waals surface area (Å²) in [5, 5.41) is 0. The summed E-state index contributed by atoms with van der Waals surface area (Å²) in [5.41, 5.74) is 2.49. The van der Waals surface area contributed by atoms with Crippen LogP contribution in [-0.4, -0.2) is 17.2 Å². The second kappa shape index (κ2) is 5.36. The van der Waals surface area contributed by atoms with E-state index >= 15 is 0 Å². The van der Waals surface area contributed by atoms with Gasteiger partial charge in [0.2, 0.25) is 0 Å². The van der Waals surface area contributed by atoms with Crippen molar-refractivity contribution in [3.63, 3.8) is 0 Å². The van der Waals surface area contributed by atoms with Crippen LogP contribution in [-0.2, 0) is 10.0 Å².